The fourth-order valence-electron chi connectivity index (χ4n) is 2.52. The second-order valence-corrected chi connectivity index (χ2v) is 4.61. The summed E-state index contributed by atoms with van der Waals surface area (Å²) in [5, 5.41) is 0. The Morgan fingerprint density at radius 2 is 1.44 bits per heavy atom. The molecular weight excluding hydrogens is 204 g/mol. The van der Waals surface area contributed by atoms with Gasteiger partial charge in [-0.15, -0.1) is 0 Å². The molecule has 0 aromatic carbocycles. The molecule has 0 radical (unpaired) electrons. The van der Waals surface area contributed by atoms with Gasteiger partial charge in [-0.25, -0.2) is 19.6 Å². The second-order valence-electron chi connectivity index (χ2n) is 4.61. The van der Waals surface area contributed by atoms with Crippen molar-refractivity contribution < 1.29 is 9.59 Å². The Bertz CT molecular complexity index is 287. The average molecular weight is 222 g/mol. The van der Waals surface area contributed by atoms with E-state index in [9.17, 15) is 9.59 Å². The highest BCUT2D eigenvalue weighted by molar-refractivity contribution is 5.34. The number of isocyanates is 2. The molecule has 0 saturated heterocycles. The maximum Gasteiger partial charge on any atom is 0.235 e. The van der Waals surface area contributed by atoms with Crippen LogP contribution in [0.25, 0.3) is 0 Å². The standard InChI is InChI=1S/C12H18N2O2/c1-9(13-7-15)11-4-3-5-12(6-11)10(2)14-8-16/h9-12H,3-6H2,1-2H3. The molecular formula is C12H18N2O2. The maximum absolute atomic E-state index is 10.2. The van der Waals surface area contributed by atoms with Crippen LogP contribution in [0.15, 0.2) is 9.98 Å². The van der Waals surface area contributed by atoms with Gasteiger partial charge >= 0.3 is 0 Å². The van der Waals surface area contributed by atoms with E-state index in [0.717, 1.165) is 25.7 Å². The maximum atomic E-state index is 10.2. The van der Waals surface area contributed by atoms with Crippen LogP contribution in [0.1, 0.15) is 39.5 Å². The predicted octanol–water partition coefficient (Wildman–Crippen LogP) is 2.24. The first kappa shape index (κ1) is 12.8. The molecule has 0 aliphatic heterocycles. The summed E-state index contributed by atoms with van der Waals surface area (Å²) in [5.41, 5.74) is 0. The minimum atomic E-state index is 0.0349. The van der Waals surface area contributed by atoms with E-state index in [-0.39, 0.29) is 12.1 Å². The molecule has 1 aliphatic carbocycles. The smallest absolute Gasteiger partial charge is 0.211 e. The summed E-state index contributed by atoms with van der Waals surface area (Å²) in [6.07, 6.45) is 7.54. The van der Waals surface area contributed by atoms with Gasteiger partial charge in [0, 0.05) is 0 Å². The number of hydrogen-bond donors (Lipinski definition) is 0. The quantitative estimate of drug-likeness (QED) is 0.541. The lowest BCUT2D eigenvalue weighted by Gasteiger charge is -2.32. The van der Waals surface area contributed by atoms with Crippen LogP contribution in [0.5, 0.6) is 0 Å². The Morgan fingerprint density at radius 3 is 1.81 bits per heavy atom. The van der Waals surface area contributed by atoms with Crippen LogP contribution < -0.4 is 0 Å². The van der Waals surface area contributed by atoms with Crippen LogP contribution in [0.2, 0.25) is 0 Å². The highest BCUT2D eigenvalue weighted by Crippen LogP contribution is 2.34. The van der Waals surface area contributed by atoms with E-state index in [4.69, 9.17) is 0 Å². The van der Waals surface area contributed by atoms with Gasteiger partial charge in [0.05, 0.1) is 12.1 Å². The van der Waals surface area contributed by atoms with Gasteiger partial charge in [0.15, 0.2) is 0 Å². The van der Waals surface area contributed by atoms with Crippen LogP contribution in [-0.2, 0) is 9.59 Å². The molecule has 0 aromatic heterocycles. The monoisotopic (exact) mass is 222 g/mol. The predicted molar refractivity (Wildman–Crippen MR) is 60.6 cm³/mol. The Morgan fingerprint density at radius 1 is 1.00 bits per heavy atom. The van der Waals surface area contributed by atoms with Crippen molar-refractivity contribution in [2.24, 2.45) is 21.8 Å². The van der Waals surface area contributed by atoms with Crippen LogP contribution in [-0.4, -0.2) is 24.2 Å². The largest absolute Gasteiger partial charge is 0.235 e. The van der Waals surface area contributed by atoms with Crippen molar-refractivity contribution in [3.63, 3.8) is 0 Å². The Kier molecular flexibility index (Phi) is 5.10. The van der Waals surface area contributed by atoms with Gasteiger partial charge in [0.1, 0.15) is 0 Å². The summed E-state index contributed by atoms with van der Waals surface area (Å²) < 4.78 is 0. The van der Waals surface area contributed by atoms with E-state index in [1.54, 1.807) is 12.2 Å². The Labute approximate surface area is 95.9 Å². The van der Waals surface area contributed by atoms with Gasteiger partial charge < -0.3 is 0 Å². The third-order valence-corrected chi connectivity index (χ3v) is 3.63. The number of rotatable bonds is 4. The SMILES string of the molecule is CC(N=C=O)C1CCCC(C(C)N=C=O)C1. The van der Waals surface area contributed by atoms with Gasteiger partial charge in [-0.3, -0.25) is 0 Å². The normalized spacial score (nSPS) is 28.4. The molecule has 0 heterocycles. The zero-order valence-electron chi connectivity index (χ0n) is 9.85. The third-order valence-electron chi connectivity index (χ3n) is 3.63. The van der Waals surface area contributed by atoms with Crippen molar-refractivity contribution in [2.45, 2.75) is 51.6 Å². The highest BCUT2D eigenvalue weighted by atomic mass is 16.1. The highest BCUT2D eigenvalue weighted by Gasteiger charge is 2.29. The van der Waals surface area contributed by atoms with Crippen molar-refractivity contribution in [3.05, 3.63) is 0 Å². The molecule has 88 valence electrons. The fraction of sp³-hybridized carbons (Fsp3) is 0.833. The molecule has 0 N–H and O–H groups in total. The first-order valence-electron chi connectivity index (χ1n) is 5.83. The van der Waals surface area contributed by atoms with E-state index >= 15 is 0 Å². The van der Waals surface area contributed by atoms with E-state index in [2.05, 4.69) is 9.98 Å². The molecule has 4 unspecified atom stereocenters. The summed E-state index contributed by atoms with van der Waals surface area (Å²) >= 11 is 0. The average Bonchev–Trinajstić information content (AvgIpc) is 2.30. The summed E-state index contributed by atoms with van der Waals surface area (Å²) in [6.45, 7) is 3.90. The molecule has 1 aliphatic rings. The van der Waals surface area contributed by atoms with Gasteiger partial charge in [0.25, 0.3) is 0 Å². The molecule has 4 heteroatoms. The topological polar surface area (TPSA) is 58.9 Å². The van der Waals surface area contributed by atoms with Crippen LogP contribution in [0, 0.1) is 11.8 Å². The number of nitrogens with zero attached hydrogens (tertiary/aromatic N) is 2. The second kappa shape index (κ2) is 6.37. The summed E-state index contributed by atoms with van der Waals surface area (Å²) in [6, 6.07) is 0.0698. The fourth-order valence-corrected chi connectivity index (χ4v) is 2.52. The summed E-state index contributed by atoms with van der Waals surface area (Å²) in [4.78, 5) is 28.0. The molecule has 1 saturated carbocycles. The van der Waals surface area contributed by atoms with E-state index < -0.39 is 0 Å². The molecule has 4 atom stereocenters. The van der Waals surface area contributed by atoms with E-state index in [1.165, 1.54) is 0 Å². The molecule has 16 heavy (non-hydrogen) atoms. The lowest BCUT2D eigenvalue weighted by atomic mass is 9.76. The van der Waals surface area contributed by atoms with Crippen molar-refractivity contribution in [1.29, 1.82) is 0 Å². The zero-order chi connectivity index (χ0) is 12.0. The first-order valence-corrected chi connectivity index (χ1v) is 5.83. The number of aliphatic imine (C=N–C) groups is 2. The van der Waals surface area contributed by atoms with E-state index in [1.807, 2.05) is 13.8 Å². The zero-order valence-corrected chi connectivity index (χ0v) is 9.85. The first-order chi connectivity index (χ1) is 7.69. The molecule has 1 rings (SSSR count). The van der Waals surface area contributed by atoms with Gasteiger partial charge in [-0.05, 0) is 44.9 Å². The molecule has 0 bridgehead atoms. The van der Waals surface area contributed by atoms with E-state index in [0.29, 0.717) is 11.8 Å². The Hall–Kier alpha value is -1.24. The lowest BCUT2D eigenvalue weighted by molar-refractivity contribution is 0.220. The lowest BCUT2D eigenvalue weighted by Crippen LogP contribution is -2.28. The van der Waals surface area contributed by atoms with Crippen molar-refractivity contribution in [1.82, 2.24) is 0 Å². The minimum Gasteiger partial charge on any atom is -0.211 e. The van der Waals surface area contributed by atoms with Gasteiger partial charge in [-0.2, -0.15) is 0 Å². The van der Waals surface area contributed by atoms with Gasteiger partial charge in [0.2, 0.25) is 12.2 Å². The van der Waals surface area contributed by atoms with Crippen LogP contribution in [0.3, 0.4) is 0 Å². The molecule has 0 amide bonds. The summed E-state index contributed by atoms with van der Waals surface area (Å²) in [7, 11) is 0. The molecule has 4 nitrogen and oxygen atoms in total. The molecule has 1 fully saturated rings. The van der Waals surface area contributed by atoms with Crippen LogP contribution >= 0.6 is 0 Å². The van der Waals surface area contributed by atoms with Crippen molar-refractivity contribution in [3.8, 4) is 0 Å². The Balaban J connectivity index is 2.59. The molecule has 0 spiro atoms. The number of hydrogen-bond acceptors (Lipinski definition) is 4. The third kappa shape index (κ3) is 3.41. The van der Waals surface area contributed by atoms with Crippen molar-refractivity contribution >= 4 is 12.2 Å². The van der Waals surface area contributed by atoms with Crippen LogP contribution in [0.4, 0.5) is 0 Å². The summed E-state index contributed by atoms with van der Waals surface area (Å²) in [5.74, 6) is 0.842. The van der Waals surface area contributed by atoms with Gasteiger partial charge in [-0.1, -0.05) is 6.42 Å². The number of carbonyl (C=O) groups excluding carboxylic acids is 2. The molecule has 0 aromatic rings. The van der Waals surface area contributed by atoms with Crippen molar-refractivity contribution in [2.75, 3.05) is 0 Å². The minimum absolute atomic E-state index is 0.0349.